The second kappa shape index (κ2) is 9.85. The molecule has 0 aromatic carbocycles. The van der Waals surface area contributed by atoms with Gasteiger partial charge >= 0.3 is 0 Å². The summed E-state index contributed by atoms with van der Waals surface area (Å²) in [5.41, 5.74) is 0.946. The number of hydrogen-bond acceptors (Lipinski definition) is 6. The molecule has 0 radical (unpaired) electrons. The normalized spacial score (nSPS) is 21.0. The van der Waals surface area contributed by atoms with Crippen LogP contribution in [0.5, 0.6) is 0 Å². The predicted molar refractivity (Wildman–Crippen MR) is 119 cm³/mol. The number of fused-ring (bicyclic) bond motifs is 1. The Morgan fingerprint density at radius 2 is 2.14 bits per heavy atom. The van der Waals surface area contributed by atoms with Crippen molar-refractivity contribution in [1.82, 2.24) is 20.2 Å². The number of thiazole rings is 1. The highest BCUT2D eigenvalue weighted by atomic mass is 32.1. The summed E-state index contributed by atoms with van der Waals surface area (Å²) in [6.45, 7) is 3.57. The second-order valence-electron chi connectivity index (χ2n) is 8.53. The van der Waals surface area contributed by atoms with Gasteiger partial charge in [-0.15, -0.1) is 0 Å². The molecule has 1 unspecified atom stereocenters. The van der Waals surface area contributed by atoms with Crippen molar-refractivity contribution in [2.24, 2.45) is 5.92 Å². The second-order valence-corrected chi connectivity index (χ2v) is 9.48. The fourth-order valence-electron chi connectivity index (χ4n) is 4.65. The fraction of sp³-hybridized carbons (Fsp3) is 0.682. The third kappa shape index (κ3) is 5.25. The van der Waals surface area contributed by atoms with Gasteiger partial charge in [-0.25, -0.2) is 9.97 Å². The van der Waals surface area contributed by atoms with Gasteiger partial charge in [0, 0.05) is 31.9 Å². The number of anilines is 1. The summed E-state index contributed by atoms with van der Waals surface area (Å²) in [5.74, 6) is 0.258. The zero-order chi connectivity index (χ0) is 20.1. The van der Waals surface area contributed by atoms with Crippen LogP contribution in [0.4, 0.5) is 5.13 Å². The summed E-state index contributed by atoms with van der Waals surface area (Å²) in [4.78, 5) is 27.5. The van der Waals surface area contributed by atoms with E-state index >= 15 is 0 Å². The van der Waals surface area contributed by atoms with Gasteiger partial charge in [0.15, 0.2) is 5.13 Å². The lowest BCUT2D eigenvalue weighted by Gasteiger charge is -2.32. The van der Waals surface area contributed by atoms with Crippen LogP contribution in [0.25, 0.3) is 10.3 Å². The number of rotatable bonds is 7. The molecule has 1 amide bonds. The maximum atomic E-state index is 12.7. The molecule has 0 bridgehead atoms. The van der Waals surface area contributed by atoms with Gasteiger partial charge in [0.1, 0.15) is 10.3 Å². The standard InChI is InChI=1S/C22H33N5OS/c1-26(18-9-3-2-4-10-18)14-7-13-23-20(28)17-8-6-15-27(16-17)22-25-19-11-5-12-24-21(19)29-22/h5,11-12,17-18H,2-4,6-10,13-16H2,1H3,(H,23,28). The zero-order valence-corrected chi connectivity index (χ0v) is 18.3. The maximum absolute atomic E-state index is 12.7. The third-order valence-electron chi connectivity index (χ3n) is 6.40. The summed E-state index contributed by atoms with van der Waals surface area (Å²) in [6.07, 6.45) is 11.6. The van der Waals surface area contributed by atoms with Crippen molar-refractivity contribution < 1.29 is 4.79 Å². The molecule has 1 N–H and O–H groups in total. The van der Waals surface area contributed by atoms with Gasteiger partial charge < -0.3 is 15.1 Å². The minimum atomic E-state index is 0.0554. The van der Waals surface area contributed by atoms with Crippen LogP contribution in [0.3, 0.4) is 0 Å². The van der Waals surface area contributed by atoms with E-state index < -0.39 is 0 Å². The number of hydrogen-bond donors (Lipinski definition) is 1. The fourth-order valence-corrected chi connectivity index (χ4v) is 5.59. The van der Waals surface area contributed by atoms with Crippen molar-refractivity contribution in [1.29, 1.82) is 0 Å². The Balaban J connectivity index is 1.22. The average Bonchev–Trinajstić information content (AvgIpc) is 3.21. The van der Waals surface area contributed by atoms with Crippen LogP contribution in [-0.2, 0) is 4.79 Å². The van der Waals surface area contributed by atoms with E-state index in [0.717, 1.165) is 67.0 Å². The van der Waals surface area contributed by atoms with Gasteiger partial charge in [-0.05, 0) is 57.8 Å². The first-order valence-corrected chi connectivity index (χ1v) is 12.0. The Labute approximate surface area is 177 Å². The Kier molecular flexibility index (Phi) is 6.98. The smallest absolute Gasteiger partial charge is 0.224 e. The molecule has 3 heterocycles. The zero-order valence-electron chi connectivity index (χ0n) is 17.5. The molecular formula is C22H33N5OS. The monoisotopic (exact) mass is 415 g/mol. The van der Waals surface area contributed by atoms with Crippen molar-refractivity contribution in [2.75, 3.05) is 38.1 Å². The van der Waals surface area contributed by atoms with Gasteiger partial charge in [0.2, 0.25) is 5.91 Å². The molecule has 2 fully saturated rings. The Morgan fingerprint density at radius 1 is 1.28 bits per heavy atom. The molecule has 2 aromatic rings. The molecule has 29 heavy (non-hydrogen) atoms. The van der Waals surface area contributed by atoms with Crippen molar-refractivity contribution in [3.05, 3.63) is 18.3 Å². The van der Waals surface area contributed by atoms with Crippen LogP contribution in [0.15, 0.2) is 18.3 Å². The van der Waals surface area contributed by atoms with Crippen LogP contribution in [0.2, 0.25) is 0 Å². The summed E-state index contributed by atoms with van der Waals surface area (Å²) in [7, 11) is 2.24. The SMILES string of the molecule is CN(CCCNC(=O)C1CCCN(c2nc3cccnc3s2)C1)C1CCCCC1. The van der Waals surface area contributed by atoms with Crippen LogP contribution in [0.1, 0.15) is 51.4 Å². The molecule has 0 spiro atoms. The average molecular weight is 416 g/mol. The Morgan fingerprint density at radius 3 is 2.97 bits per heavy atom. The van der Waals surface area contributed by atoms with E-state index in [1.807, 2.05) is 18.3 Å². The minimum Gasteiger partial charge on any atom is -0.356 e. The first-order chi connectivity index (χ1) is 14.2. The number of carbonyl (C=O) groups is 1. The number of carbonyl (C=O) groups excluding carboxylic acids is 1. The highest BCUT2D eigenvalue weighted by molar-refractivity contribution is 7.21. The highest BCUT2D eigenvalue weighted by Gasteiger charge is 2.27. The Hall–Kier alpha value is -1.73. The highest BCUT2D eigenvalue weighted by Crippen LogP contribution is 2.30. The van der Waals surface area contributed by atoms with Crippen molar-refractivity contribution in [2.45, 2.75) is 57.4 Å². The first-order valence-electron chi connectivity index (χ1n) is 11.1. The lowest BCUT2D eigenvalue weighted by atomic mass is 9.94. The number of piperidine rings is 1. The lowest BCUT2D eigenvalue weighted by molar-refractivity contribution is -0.125. The first kappa shape index (κ1) is 20.5. The van der Waals surface area contributed by atoms with Crippen LogP contribution in [0, 0.1) is 5.92 Å². The largest absolute Gasteiger partial charge is 0.356 e. The number of amides is 1. The van der Waals surface area contributed by atoms with Crippen molar-refractivity contribution >= 4 is 32.7 Å². The van der Waals surface area contributed by atoms with E-state index in [-0.39, 0.29) is 11.8 Å². The van der Waals surface area contributed by atoms with Crippen molar-refractivity contribution in [3.63, 3.8) is 0 Å². The molecule has 2 aliphatic rings. The molecule has 2 aromatic heterocycles. The molecule has 1 saturated heterocycles. The number of nitrogens with one attached hydrogen (secondary N) is 1. The molecule has 1 saturated carbocycles. The Bertz CT molecular complexity index is 770. The van der Waals surface area contributed by atoms with E-state index in [1.165, 1.54) is 32.1 Å². The van der Waals surface area contributed by atoms with Crippen LogP contribution < -0.4 is 10.2 Å². The summed E-state index contributed by atoms with van der Waals surface area (Å²) >= 11 is 1.62. The third-order valence-corrected chi connectivity index (χ3v) is 7.44. The van der Waals surface area contributed by atoms with E-state index in [0.29, 0.717) is 0 Å². The molecule has 1 atom stereocenters. The predicted octanol–water partition coefficient (Wildman–Crippen LogP) is 3.68. The quantitative estimate of drug-likeness (QED) is 0.699. The molecule has 158 valence electrons. The minimum absolute atomic E-state index is 0.0554. The maximum Gasteiger partial charge on any atom is 0.224 e. The summed E-state index contributed by atoms with van der Waals surface area (Å²) in [5, 5.41) is 4.18. The molecule has 6 nitrogen and oxygen atoms in total. The molecular weight excluding hydrogens is 382 g/mol. The van der Waals surface area contributed by atoms with Gasteiger partial charge in [-0.2, -0.15) is 0 Å². The topological polar surface area (TPSA) is 61.4 Å². The van der Waals surface area contributed by atoms with Gasteiger partial charge in [0.25, 0.3) is 0 Å². The summed E-state index contributed by atoms with van der Waals surface area (Å²) in [6, 6.07) is 4.67. The molecule has 1 aliphatic carbocycles. The lowest BCUT2D eigenvalue weighted by Crippen LogP contribution is -2.43. The van der Waals surface area contributed by atoms with Gasteiger partial charge in [0.05, 0.1) is 5.92 Å². The van der Waals surface area contributed by atoms with E-state index in [9.17, 15) is 4.79 Å². The molecule has 1 aliphatic heterocycles. The molecule has 4 rings (SSSR count). The van der Waals surface area contributed by atoms with E-state index in [4.69, 9.17) is 4.98 Å². The van der Waals surface area contributed by atoms with Gasteiger partial charge in [-0.1, -0.05) is 30.6 Å². The number of nitrogens with zero attached hydrogens (tertiary/aromatic N) is 4. The molecule has 7 heteroatoms. The van der Waals surface area contributed by atoms with Crippen LogP contribution in [-0.4, -0.2) is 60.0 Å². The van der Waals surface area contributed by atoms with Crippen molar-refractivity contribution in [3.8, 4) is 0 Å². The summed E-state index contributed by atoms with van der Waals surface area (Å²) < 4.78 is 0. The van der Waals surface area contributed by atoms with E-state index in [1.54, 1.807) is 11.3 Å². The number of aromatic nitrogens is 2. The van der Waals surface area contributed by atoms with Crippen LogP contribution >= 0.6 is 11.3 Å². The van der Waals surface area contributed by atoms with E-state index in [2.05, 4.69) is 27.1 Å². The van der Waals surface area contributed by atoms with Gasteiger partial charge in [-0.3, -0.25) is 4.79 Å². The number of pyridine rings is 1.